The topological polar surface area (TPSA) is 46.2 Å². The molecule has 84 valence electrons. The Morgan fingerprint density at radius 3 is 2.27 bits per heavy atom. The van der Waals surface area contributed by atoms with Crippen LogP contribution in [-0.4, -0.2) is 5.11 Å². The standard InChI is InChI=1S/C10H11Cl2NO.ClH/c1-2-3-9(13)6-4-7(11)10(14)8(12)5-6;/h2,4-5,9,14H,1,3,13H2;1H/t9-;/m0./s1. The quantitative estimate of drug-likeness (QED) is 0.821. The van der Waals surface area contributed by atoms with E-state index in [1.807, 2.05) is 0 Å². The molecule has 0 unspecified atom stereocenters. The fraction of sp³-hybridized carbons (Fsp3) is 0.200. The van der Waals surface area contributed by atoms with E-state index in [1.165, 1.54) is 0 Å². The van der Waals surface area contributed by atoms with Gasteiger partial charge in [-0.15, -0.1) is 19.0 Å². The number of phenolic OH excluding ortho intramolecular Hbond substituents is 1. The average Bonchev–Trinajstić information content (AvgIpc) is 2.13. The molecule has 0 saturated carbocycles. The third kappa shape index (κ3) is 3.58. The molecule has 0 saturated heterocycles. The van der Waals surface area contributed by atoms with E-state index >= 15 is 0 Å². The van der Waals surface area contributed by atoms with Crippen molar-refractivity contribution in [3.8, 4) is 5.75 Å². The highest BCUT2D eigenvalue weighted by Gasteiger charge is 2.10. The Balaban J connectivity index is 0.00000196. The van der Waals surface area contributed by atoms with Gasteiger partial charge in [0.15, 0.2) is 5.75 Å². The molecule has 0 bridgehead atoms. The summed E-state index contributed by atoms with van der Waals surface area (Å²) in [5.74, 6) is -0.108. The van der Waals surface area contributed by atoms with Gasteiger partial charge in [0.2, 0.25) is 0 Å². The molecule has 0 aliphatic carbocycles. The van der Waals surface area contributed by atoms with E-state index in [2.05, 4.69) is 6.58 Å². The summed E-state index contributed by atoms with van der Waals surface area (Å²) >= 11 is 11.5. The zero-order valence-electron chi connectivity index (χ0n) is 7.91. The second kappa shape index (κ2) is 6.23. The second-order valence-corrected chi connectivity index (χ2v) is 3.78. The lowest BCUT2D eigenvalue weighted by molar-refractivity contribution is 0.475. The summed E-state index contributed by atoms with van der Waals surface area (Å²) in [5.41, 5.74) is 6.61. The molecule has 15 heavy (non-hydrogen) atoms. The van der Waals surface area contributed by atoms with Crippen molar-refractivity contribution >= 4 is 35.6 Å². The molecule has 1 aromatic carbocycles. The Labute approximate surface area is 105 Å². The highest BCUT2D eigenvalue weighted by Crippen LogP contribution is 2.34. The molecular weight excluding hydrogens is 256 g/mol. The molecule has 0 radical (unpaired) electrons. The number of aromatic hydroxyl groups is 1. The first-order valence-corrected chi connectivity index (χ1v) is 4.86. The van der Waals surface area contributed by atoms with E-state index in [9.17, 15) is 5.11 Å². The van der Waals surface area contributed by atoms with Crippen molar-refractivity contribution in [2.24, 2.45) is 5.73 Å². The summed E-state index contributed by atoms with van der Waals surface area (Å²) in [6, 6.07) is 3.02. The molecule has 3 N–H and O–H groups in total. The van der Waals surface area contributed by atoms with Crippen molar-refractivity contribution in [3.05, 3.63) is 40.4 Å². The van der Waals surface area contributed by atoms with Crippen molar-refractivity contribution in [1.29, 1.82) is 0 Å². The first-order chi connectivity index (χ1) is 6.56. The third-order valence-electron chi connectivity index (χ3n) is 1.89. The molecule has 0 heterocycles. The summed E-state index contributed by atoms with van der Waals surface area (Å²) in [5, 5.41) is 9.75. The van der Waals surface area contributed by atoms with Crippen molar-refractivity contribution < 1.29 is 5.11 Å². The fourth-order valence-electron chi connectivity index (χ4n) is 1.11. The number of rotatable bonds is 3. The van der Waals surface area contributed by atoms with Crippen LogP contribution in [0.25, 0.3) is 0 Å². The van der Waals surface area contributed by atoms with E-state index in [0.717, 1.165) is 5.56 Å². The van der Waals surface area contributed by atoms with Crippen LogP contribution in [0, 0.1) is 0 Å². The molecule has 0 fully saturated rings. The average molecular weight is 269 g/mol. The second-order valence-electron chi connectivity index (χ2n) is 2.96. The minimum Gasteiger partial charge on any atom is -0.505 e. The maximum absolute atomic E-state index is 9.32. The lowest BCUT2D eigenvalue weighted by Crippen LogP contribution is -2.08. The summed E-state index contributed by atoms with van der Waals surface area (Å²) in [7, 11) is 0. The van der Waals surface area contributed by atoms with Crippen molar-refractivity contribution in [2.75, 3.05) is 0 Å². The van der Waals surface area contributed by atoms with Gasteiger partial charge in [-0.05, 0) is 24.1 Å². The van der Waals surface area contributed by atoms with Crippen LogP contribution in [0.4, 0.5) is 0 Å². The van der Waals surface area contributed by atoms with Crippen LogP contribution in [0.3, 0.4) is 0 Å². The van der Waals surface area contributed by atoms with Crippen molar-refractivity contribution in [3.63, 3.8) is 0 Å². The van der Waals surface area contributed by atoms with Crippen LogP contribution in [0.5, 0.6) is 5.75 Å². The van der Waals surface area contributed by atoms with E-state index in [0.29, 0.717) is 6.42 Å². The summed E-state index contributed by atoms with van der Waals surface area (Å²) in [6.07, 6.45) is 2.36. The van der Waals surface area contributed by atoms with Gasteiger partial charge in [-0.1, -0.05) is 29.3 Å². The van der Waals surface area contributed by atoms with Crippen LogP contribution in [0.15, 0.2) is 24.8 Å². The van der Waals surface area contributed by atoms with Crippen LogP contribution in [0.1, 0.15) is 18.0 Å². The molecule has 0 amide bonds. The Hall–Kier alpha value is -0.410. The normalized spacial score (nSPS) is 11.7. The molecule has 1 aromatic rings. The number of nitrogens with two attached hydrogens (primary N) is 1. The van der Waals surface area contributed by atoms with E-state index in [-0.39, 0.29) is 34.2 Å². The number of hydrogen-bond acceptors (Lipinski definition) is 2. The Morgan fingerprint density at radius 1 is 1.40 bits per heavy atom. The monoisotopic (exact) mass is 267 g/mol. The van der Waals surface area contributed by atoms with Gasteiger partial charge in [-0.25, -0.2) is 0 Å². The lowest BCUT2D eigenvalue weighted by Gasteiger charge is -2.11. The van der Waals surface area contributed by atoms with Crippen molar-refractivity contribution in [2.45, 2.75) is 12.5 Å². The highest BCUT2D eigenvalue weighted by molar-refractivity contribution is 6.37. The number of phenols is 1. The molecule has 0 aromatic heterocycles. The minimum atomic E-state index is -0.192. The molecule has 5 heteroatoms. The minimum absolute atomic E-state index is 0. The van der Waals surface area contributed by atoms with Crippen LogP contribution >= 0.6 is 35.6 Å². The molecule has 0 spiro atoms. The molecule has 0 aliphatic heterocycles. The predicted octanol–water partition coefficient (Wildman–Crippen LogP) is 3.70. The molecule has 1 rings (SSSR count). The number of benzene rings is 1. The van der Waals surface area contributed by atoms with Crippen LogP contribution < -0.4 is 5.73 Å². The van der Waals surface area contributed by atoms with Gasteiger partial charge in [-0.3, -0.25) is 0 Å². The SMILES string of the molecule is C=CC[C@H](N)c1cc(Cl)c(O)c(Cl)c1.Cl. The van der Waals surface area contributed by atoms with Gasteiger partial charge in [0.25, 0.3) is 0 Å². The van der Waals surface area contributed by atoms with Gasteiger partial charge in [0, 0.05) is 6.04 Å². The zero-order chi connectivity index (χ0) is 10.7. The summed E-state index contributed by atoms with van der Waals surface area (Å²) < 4.78 is 0. The maximum atomic E-state index is 9.32. The molecule has 2 nitrogen and oxygen atoms in total. The van der Waals surface area contributed by atoms with Crippen LogP contribution in [0.2, 0.25) is 10.0 Å². The molecule has 0 aliphatic rings. The number of hydrogen-bond donors (Lipinski definition) is 2. The largest absolute Gasteiger partial charge is 0.505 e. The smallest absolute Gasteiger partial charge is 0.152 e. The lowest BCUT2D eigenvalue weighted by atomic mass is 10.0. The summed E-state index contributed by atoms with van der Waals surface area (Å²) in [6.45, 7) is 3.59. The Morgan fingerprint density at radius 2 is 1.87 bits per heavy atom. The van der Waals surface area contributed by atoms with Gasteiger partial charge in [0.1, 0.15) is 0 Å². The third-order valence-corrected chi connectivity index (χ3v) is 2.46. The van der Waals surface area contributed by atoms with E-state index in [4.69, 9.17) is 28.9 Å². The van der Waals surface area contributed by atoms with E-state index < -0.39 is 0 Å². The molecular formula is C10H12Cl3NO. The van der Waals surface area contributed by atoms with Gasteiger partial charge < -0.3 is 10.8 Å². The first-order valence-electron chi connectivity index (χ1n) is 4.10. The van der Waals surface area contributed by atoms with E-state index in [1.54, 1.807) is 18.2 Å². The number of halogens is 3. The van der Waals surface area contributed by atoms with Gasteiger partial charge in [-0.2, -0.15) is 0 Å². The van der Waals surface area contributed by atoms with Gasteiger partial charge >= 0.3 is 0 Å². The highest BCUT2D eigenvalue weighted by atomic mass is 35.5. The summed E-state index contributed by atoms with van der Waals surface area (Å²) in [4.78, 5) is 0. The predicted molar refractivity (Wildman–Crippen MR) is 67.1 cm³/mol. The van der Waals surface area contributed by atoms with Crippen molar-refractivity contribution in [1.82, 2.24) is 0 Å². The molecule has 1 atom stereocenters. The van der Waals surface area contributed by atoms with Gasteiger partial charge in [0.05, 0.1) is 10.0 Å². The van der Waals surface area contributed by atoms with Crippen LogP contribution in [-0.2, 0) is 0 Å². The maximum Gasteiger partial charge on any atom is 0.152 e. The first kappa shape index (κ1) is 14.6. The Kier molecular flexibility index (Phi) is 6.06. The fourth-order valence-corrected chi connectivity index (χ4v) is 1.62. The zero-order valence-corrected chi connectivity index (χ0v) is 10.2. The Bertz CT molecular complexity index is 332.